The van der Waals surface area contributed by atoms with Crippen molar-refractivity contribution in [3.63, 3.8) is 0 Å². The molecule has 3 aromatic rings. The van der Waals surface area contributed by atoms with E-state index in [4.69, 9.17) is 23.7 Å². The fourth-order valence-electron chi connectivity index (χ4n) is 5.51. The van der Waals surface area contributed by atoms with Crippen molar-refractivity contribution in [2.45, 2.75) is 59.0 Å². The highest BCUT2D eigenvalue weighted by Crippen LogP contribution is 2.36. The van der Waals surface area contributed by atoms with E-state index < -0.39 is 18.1 Å². The fourth-order valence-corrected chi connectivity index (χ4v) is 5.51. The zero-order valence-electron chi connectivity index (χ0n) is 27.1. The first-order valence-corrected chi connectivity index (χ1v) is 16.0. The number of rotatable bonds is 13. The van der Waals surface area contributed by atoms with Crippen LogP contribution in [-0.4, -0.2) is 43.4 Å². The van der Waals surface area contributed by atoms with Crippen LogP contribution in [-0.2, 0) is 19.0 Å². The third kappa shape index (κ3) is 10.6. The Labute approximate surface area is 275 Å². The van der Waals surface area contributed by atoms with Crippen LogP contribution < -0.4 is 9.47 Å². The molecule has 4 rings (SSSR count). The van der Waals surface area contributed by atoms with Gasteiger partial charge in [-0.3, -0.25) is 0 Å². The summed E-state index contributed by atoms with van der Waals surface area (Å²) in [5.41, 5.74) is 2.66. The van der Waals surface area contributed by atoms with Crippen molar-refractivity contribution < 1.29 is 42.9 Å². The maximum Gasteiger partial charge on any atom is 0.513 e. The molecule has 47 heavy (non-hydrogen) atoms. The molecule has 3 atom stereocenters. The summed E-state index contributed by atoms with van der Waals surface area (Å²) >= 11 is 0. The number of hydrogen-bond acceptors (Lipinski definition) is 9. The van der Waals surface area contributed by atoms with E-state index in [2.05, 4.69) is 27.4 Å². The van der Waals surface area contributed by atoms with Crippen LogP contribution in [0.5, 0.6) is 11.5 Å². The van der Waals surface area contributed by atoms with Gasteiger partial charge in [0.25, 0.3) is 0 Å². The summed E-state index contributed by atoms with van der Waals surface area (Å²) in [5, 5.41) is 0. The SMILES string of the molecule is C=CC(=O)OCCCCOC(=O)Oc1ccc(OC(=O)c2ccc(-c3ccc(C(=O)OC4CC(C)CCC4C(C)C)cc3)cc2)cc1. The highest BCUT2D eigenvalue weighted by Gasteiger charge is 2.33. The van der Waals surface area contributed by atoms with E-state index in [1.165, 1.54) is 30.7 Å². The minimum atomic E-state index is -0.874. The monoisotopic (exact) mass is 642 g/mol. The van der Waals surface area contributed by atoms with Gasteiger partial charge in [0.2, 0.25) is 0 Å². The minimum Gasteiger partial charge on any atom is -0.463 e. The van der Waals surface area contributed by atoms with Crippen molar-refractivity contribution >= 4 is 24.1 Å². The van der Waals surface area contributed by atoms with Crippen LogP contribution in [0.1, 0.15) is 73.6 Å². The van der Waals surface area contributed by atoms with Gasteiger partial charge >= 0.3 is 24.1 Å². The maximum absolute atomic E-state index is 12.9. The molecular formula is C38H42O9. The van der Waals surface area contributed by atoms with Gasteiger partial charge in [-0.15, -0.1) is 0 Å². The molecule has 0 amide bonds. The Morgan fingerprint density at radius 1 is 0.745 bits per heavy atom. The smallest absolute Gasteiger partial charge is 0.463 e. The Morgan fingerprint density at radius 3 is 1.83 bits per heavy atom. The molecule has 9 nitrogen and oxygen atoms in total. The molecule has 0 radical (unpaired) electrons. The predicted molar refractivity (Wildman–Crippen MR) is 176 cm³/mol. The summed E-state index contributed by atoms with van der Waals surface area (Å²) in [5.74, 6) is 0.562. The van der Waals surface area contributed by atoms with Crippen molar-refractivity contribution in [1.82, 2.24) is 0 Å². The summed E-state index contributed by atoms with van der Waals surface area (Å²) in [7, 11) is 0. The molecule has 0 spiro atoms. The normalized spacial score (nSPS) is 17.3. The van der Waals surface area contributed by atoms with Crippen molar-refractivity contribution in [2.24, 2.45) is 17.8 Å². The zero-order chi connectivity index (χ0) is 33.8. The van der Waals surface area contributed by atoms with Crippen LogP contribution in [0.2, 0.25) is 0 Å². The molecule has 0 aliphatic heterocycles. The zero-order valence-corrected chi connectivity index (χ0v) is 27.1. The number of unbranched alkanes of at least 4 members (excludes halogenated alkanes) is 1. The van der Waals surface area contributed by atoms with Gasteiger partial charge in [-0.25, -0.2) is 19.2 Å². The van der Waals surface area contributed by atoms with E-state index in [1.807, 2.05) is 24.3 Å². The van der Waals surface area contributed by atoms with Gasteiger partial charge < -0.3 is 23.7 Å². The summed E-state index contributed by atoms with van der Waals surface area (Å²) < 4.78 is 26.4. The van der Waals surface area contributed by atoms with Crippen LogP contribution in [0, 0.1) is 17.8 Å². The van der Waals surface area contributed by atoms with Crippen molar-refractivity contribution in [3.05, 3.63) is 96.6 Å². The van der Waals surface area contributed by atoms with Crippen molar-refractivity contribution in [2.75, 3.05) is 13.2 Å². The van der Waals surface area contributed by atoms with E-state index in [0.717, 1.165) is 30.0 Å². The Balaban J connectivity index is 1.23. The lowest BCUT2D eigenvalue weighted by Crippen LogP contribution is -2.35. The summed E-state index contributed by atoms with van der Waals surface area (Å²) in [6.07, 6.45) is 4.34. The Hall–Kier alpha value is -4.92. The lowest BCUT2D eigenvalue weighted by atomic mass is 9.75. The molecule has 0 heterocycles. The average Bonchev–Trinajstić information content (AvgIpc) is 3.07. The molecule has 1 fully saturated rings. The molecule has 3 unspecified atom stereocenters. The van der Waals surface area contributed by atoms with Crippen LogP contribution in [0.15, 0.2) is 85.5 Å². The average molecular weight is 643 g/mol. The number of benzene rings is 3. The van der Waals surface area contributed by atoms with Gasteiger partial charge in [0.15, 0.2) is 0 Å². The van der Waals surface area contributed by atoms with Gasteiger partial charge in [0.1, 0.15) is 17.6 Å². The molecule has 1 aliphatic carbocycles. The topological polar surface area (TPSA) is 114 Å². The molecule has 1 saturated carbocycles. The van der Waals surface area contributed by atoms with Crippen LogP contribution >= 0.6 is 0 Å². The van der Waals surface area contributed by atoms with Gasteiger partial charge in [0, 0.05) is 6.08 Å². The highest BCUT2D eigenvalue weighted by molar-refractivity contribution is 5.92. The Morgan fingerprint density at radius 2 is 1.28 bits per heavy atom. The second kappa shape index (κ2) is 17.1. The molecule has 248 valence electrons. The van der Waals surface area contributed by atoms with E-state index in [1.54, 1.807) is 24.3 Å². The molecule has 0 saturated heterocycles. The first-order chi connectivity index (χ1) is 22.6. The molecule has 0 bridgehead atoms. The summed E-state index contributed by atoms with van der Waals surface area (Å²) in [4.78, 5) is 48.5. The second-order valence-corrected chi connectivity index (χ2v) is 12.1. The van der Waals surface area contributed by atoms with Crippen LogP contribution in [0.4, 0.5) is 4.79 Å². The predicted octanol–water partition coefficient (Wildman–Crippen LogP) is 8.22. The first-order valence-electron chi connectivity index (χ1n) is 16.0. The Kier molecular flexibility index (Phi) is 12.7. The first kappa shape index (κ1) is 34.9. The number of ether oxygens (including phenoxy) is 5. The number of carbonyl (C=O) groups is 4. The lowest BCUT2D eigenvalue weighted by Gasteiger charge is -2.36. The van der Waals surface area contributed by atoms with E-state index in [9.17, 15) is 19.2 Å². The highest BCUT2D eigenvalue weighted by atomic mass is 16.7. The van der Waals surface area contributed by atoms with Crippen LogP contribution in [0.25, 0.3) is 11.1 Å². The largest absolute Gasteiger partial charge is 0.513 e. The van der Waals surface area contributed by atoms with Crippen molar-refractivity contribution in [1.29, 1.82) is 0 Å². The van der Waals surface area contributed by atoms with Gasteiger partial charge in [-0.1, -0.05) is 58.0 Å². The molecule has 3 aromatic carbocycles. The standard InChI is InChI=1S/C38H42O9/c1-5-35(39)43-22-6-7-23-44-38(42)46-32-19-17-31(18-20-32)45-36(40)29-13-9-27(10-14-29)28-11-15-30(16-12-28)37(41)47-34-24-26(4)8-21-33(34)25(2)3/h5,9-20,25-26,33-34H,1,6-8,21-24H2,2-4H3. The summed E-state index contributed by atoms with van der Waals surface area (Å²) in [6.45, 7) is 10.2. The fraction of sp³-hybridized carbons (Fsp3) is 0.368. The quantitative estimate of drug-likeness (QED) is 0.0454. The third-order valence-electron chi connectivity index (χ3n) is 8.20. The minimum absolute atomic E-state index is 0.0569. The number of carbonyl (C=O) groups excluding carboxylic acids is 4. The van der Waals surface area contributed by atoms with E-state index >= 15 is 0 Å². The van der Waals surface area contributed by atoms with Crippen molar-refractivity contribution in [3.8, 4) is 22.6 Å². The molecular weight excluding hydrogens is 600 g/mol. The molecule has 1 aliphatic rings. The number of esters is 3. The maximum atomic E-state index is 12.9. The molecule has 0 aromatic heterocycles. The molecule has 9 heteroatoms. The summed E-state index contributed by atoms with van der Waals surface area (Å²) in [6, 6.07) is 20.3. The lowest BCUT2D eigenvalue weighted by molar-refractivity contribution is -0.137. The molecule has 0 N–H and O–H groups in total. The number of hydrogen-bond donors (Lipinski definition) is 0. The van der Waals surface area contributed by atoms with E-state index in [0.29, 0.717) is 41.7 Å². The van der Waals surface area contributed by atoms with Gasteiger partial charge in [-0.2, -0.15) is 0 Å². The second-order valence-electron chi connectivity index (χ2n) is 12.1. The van der Waals surface area contributed by atoms with Crippen LogP contribution in [0.3, 0.4) is 0 Å². The Bertz CT molecular complexity index is 1510. The van der Waals surface area contributed by atoms with Gasteiger partial charge in [0.05, 0.1) is 24.3 Å². The van der Waals surface area contributed by atoms with Gasteiger partial charge in [-0.05, 0) is 103 Å². The third-order valence-corrected chi connectivity index (χ3v) is 8.20. The van der Waals surface area contributed by atoms with E-state index in [-0.39, 0.29) is 36.8 Å².